The van der Waals surface area contributed by atoms with Crippen molar-refractivity contribution in [3.05, 3.63) is 58.1 Å². The van der Waals surface area contributed by atoms with Gasteiger partial charge in [-0.2, -0.15) is 0 Å². The number of hydrogen-bond acceptors (Lipinski definition) is 5. The van der Waals surface area contributed by atoms with Crippen LogP contribution in [0, 0.1) is 19.8 Å². The van der Waals surface area contributed by atoms with Gasteiger partial charge in [0, 0.05) is 24.0 Å². The molecule has 8 nitrogen and oxygen atoms in total. The molecule has 2 aromatic rings. The first-order valence-electron chi connectivity index (χ1n) is 11.2. The summed E-state index contributed by atoms with van der Waals surface area (Å²) >= 11 is 6.04. The molecule has 0 saturated carbocycles. The van der Waals surface area contributed by atoms with E-state index in [2.05, 4.69) is 10.9 Å². The number of carbonyl (C=O) groups is 3. The summed E-state index contributed by atoms with van der Waals surface area (Å²) in [6.07, 6.45) is 0.170. The molecule has 182 valence electrons. The summed E-state index contributed by atoms with van der Waals surface area (Å²) < 4.78 is 11.0. The Bertz CT molecular complexity index is 1070. The highest BCUT2D eigenvalue weighted by atomic mass is 35.5. The number of nitrogens with zero attached hydrogens (tertiary/aromatic N) is 1. The van der Waals surface area contributed by atoms with Gasteiger partial charge in [0.05, 0.1) is 12.7 Å². The standard InChI is InChI=1S/C25H30ClN3O5/c1-15-6-5-7-21(16(15)2)34-17(3)23(30)27-28-24(31)18-10-12-29(13-11-18)25(32)20-14-19(26)8-9-22(20)33-4/h5-9,14,17-18H,10-13H2,1-4H3,(H,27,30)(H,28,31). The van der Waals surface area contributed by atoms with Crippen LogP contribution in [0.1, 0.15) is 41.3 Å². The van der Waals surface area contributed by atoms with Gasteiger partial charge >= 0.3 is 0 Å². The smallest absolute Gasteiger partial charge is 0.279 e. The molecule has 1 saturated heterocycles. The number of benzene rings is 2. The number of amides is 3. The normalized spacial score (nSPS) is 14.8. The molecule has 1 heterocycles. The van der Waals surface area contributed by atoms with Gasteiger partial charge in [0.15, 0.2) is 6.10 Å². The largest absolute Gasteiger partial charge is 0.496 e. The molecule has 1 aliphatic rings. The van der Waals surface area contributed by atoms with Crippen LogP contribution in [0.15, 0.2) is 36.4 Å². The van der Waals surface area contributed by atoms with Crippen LogP contribution in [0.25, 0.3) is 0 Å². The van der Waals surface area contributed by atoms with E-state index in [1.54, 1.807) is 36.1 Å². The van der Waals surface area contributed by atoms with Crippen molar-refractivity contribution < 1.29 is 23.9 Å². The topological polar surface area (TPSA) is 97.0 Å². The Morgan fingerprint density at radius 3 is 2.44 bits per heavy atom. The maximum Gasteiger partial charge on any atom is 0.279 e. The minimum atomic E-state index is -0.784. The maximum atomic E-state index is 12.9. The molecule has 2 aromatic carbocycles. The van der Waals surface area contributed by atoms with Gasteiger partial charge in [-0.3, -0.25) is 25.2 Å². The molecule has 0 radical (unpaired) electrons. The molecule has 0 aliphatic carbocycles. The van der Waals surface area contributed by atoms with Crippen molar-refractivity contribution in [1.29, 1.82) is 0 Å². The Morgan fingerprint density at radius 1 is 1.06 bits per heavy atom. The molecule has 0 spiro atoms. The number of hydrogen-bond donors (Lipinski definition) is 2. The molecule has 34 heavy (non-hydrogen) atoms. The van der Waals surface area contributed by atoms with Crippen LogP contribution in [-0.4, -0.2) is 48.9 Å². The first kappa shape index (κ1) is 25.4. The lowest BCUT2D eigenvalue weighted by atomic mass is 9.95. The zero-order valence-corrected chi connectivity index (χ0v) is 20.6. The van der Waals surface area contributed by atoms with Crippen LogP contribution >= 0.6 is 11.6 Å². The van der Waals surface area contributed by atoms with Crippen molar-refractivity contribution in [2.45, 2.75) is 39.7 Å². The van der Waals surface area contributed by atoms with Crippen LogP contribution in [0.3, 0.4) is 0 Å². The lowest BCUT2D eigenvalue weighted by molar-refractivity contribution is -0.134. The number of likely N-dealkylation sites (tertiary alicyclic amines) is 1. The molecular weight excluding hydrogens is 458 g/mol. The quantitative estimate of drug-likeness (QED) is 0.608. The van der Waals surface area contributed by atoms with Crippen LogP contribution in [0.2, 0.25) is 5.02 Å². The Labute approximate surface area is 204 Å². The molecule has 3 rings (SSSR count). The Kier molecular flexibility index (Phi) is 8.39. The van der Waals surface area contributed by atoms with Crippen molar-refractivity contribution >= 4 is 29.3 Å². The highest BCUT2D eigenvalue weighted by Gasteiger charge is 2.29. The fourth-order valence-electron chi connectivity index (χ4n) is 3.79. The average molecular weight is 488 g/mol. The van der Waals surface area contributed by atoms with E-state index in [-0.39, 0.29) is 17.7 Å². The van der Waals surface area contributed by atoms with Crippen LogP contribution in [-0.2, 0) is 9.59 Å². The fourth-order valence-corrected chi connectivity index (χ4v) is 3.96. The van der Waals surface area contributed by atoms with Gasteiger partial charge in [-0.15, -0.1) is 0 Å². The van der Waals surface area contributed by atoms with E-state index in [0.29, 0.717) is 48.0 Å². The SMILES string of the molecule is COc1ccc(Cl)cc1C(=O)N1CCC(C(=O)NNC(=O)C(C)Oc2cccc(C)c2C)CC1. The second-order valence-corrected chi connectivity index (χ2v) is 8.78. The Balaban J connectivity index is 1.48. The Morgan fingerprint density at radius 2 is 1.76 bits per heavy atom. The van der Waals surface area contributed by atoms with Gasteiger partial charge in [-0.25, -0.2) is 0 Å². The highest BCUT2D eigenvalue weighted by molar-refractivity contribution is 6.31. The van der Waals surface area contributed by atoms with E-state index < -0.39 is 12.0 Å². The third-order valence-corrected chi connectivity index (χ3v) is 6.32. The van der Waals surface area contributed by atoms with Crippen LogP contribution in [0.4, 0.5) is 0 Å². The lowest BCUT2D eigenvalue weighted by Gasteiger charge is -2.31. The zero-order valence-electron chi connectivity index (χ0n) is 19.8. The van der Waals surface area contributed by atoms with Crippen molar-refractivity contribution in [2.75, 3.05) is 20.2 Å². The van der Waals surface area contributed by atoms with Crippen molar-refractivity contribution in [3.63, 3.8) is 0 Å². The number of rotatable bonds is 6. The minimum Gasteiger partial charge on any atom is -0.496 e. The van der Waals surface area contributed by atoms with Gasteiger partial charge in [-0.1, -0.05) is 23.7 Å². The molecule has 0 aromatic heterocycles. The molecule has 0 bridgehead atoms. The van der Waals surface area contributed by atoms with E-state index >= 15 is 0 Å². The summed E-state index contributed by atoms with van der Waals surface area (Å²) in [6.45, 7) is 6.34. The van der Waals surface area contributed by atoms with Crippen molar-refractivity contribution in [1.82, 2.24) is 15.8 Å². The molecule has 1 aliphatic heterocycles. The molecular formula is C25H30ClN3O5. The number of halogens is 1. The highest BCUT2D eigenvalue weighted by Crippen LogP contribution is 2.26. The van der Waals surface area contributed by atoms with E-state index in [0.717, 1.165) is 11.1 Å². The minimum absolute atomic E-state index is 0.191. The summed E-state index contributed by atoms with van der Waals surface area (Å²) in [5.41, 5.74) is 7.35. The number of piperidine rings is 1. The molecule has 1 atom stereocenters. The van der Waals surface area contributed by atoms with Crippen molar-refractivity contribution in [2.24, 2.45) is 5.92 Å². The summed E-state index contributed by atoms with van der Waals surface area (Å²) in [6, 6.07) is 10.5. The molecule has 1 fully saturated rings. The number of aryl methyl sites for hydroxylation is 1. The van der Waals surface area contributed by atoms with Gasteiger partial charge in [0.25, 0.3) is 11.8 Å². The summed E-state index contributed by atoms with van der Waals surface area (Å²) in [7, 11) is 1.50. The van der Waals surface area contributed by atoms with E-state index in [1.165, 1.54) is 7.11 Å². The van der Waals surface area contributed by atoms with Crippen molar-refractivity contribution in [3.8, 4) is 11.5 Å². The lowest BCUT2D eigenvalue weighted by Crippen LogP contribution is -2.51. The van der Waals surface area contributed by atoms with Crippen LogP contribution < -0.4 is 20.3 Å². The van der Waals surface area contributed by atoms with Gasteiger partial charge < -0.3 is 14.4 Å². The summed E-state index contributed by atoms with van der Waals surface area (Å²) in [5.74, 6) is -0.170. The average Bonchev–Trinajstić information content (AvgIpc) is 2.84. The number of hydrazine groups is 1. The second kappa shape index (κ2) is 11.2. The van der Waals surface area contributed by atoms with E-state index in [4.69, 9.17) is 21.1 Å². The molecule has 9 heteroatoms. The fraction of sp³-hybridized carbons (Fsp3) is 0.400. The zero-order chi connectivity index (χ0) is 24.8. The molecule has 3 amide bonds. The number of ether oxygens (including phenoxy) is 2. The van der Waals surface area contributed by atoms with E-state index in [9.17, 15) is 14.4 Å². The van der Waals surface area contributed by atoms with Crippen LogP contribution in [0.5, 0.6) is 11.5 Å². The third kappa shape index (κ3) is 5.99. The predicted octanol–water partition coefficient (Wildman–Crippen LogP) is 3.43. The number of carbonyl (C=O) groups excluding carboxylic acids is 3. The third-order valence-electron chi connectivity index (χ3n) is 6.08. The molecule has 2 N–H and O–H groups in total. The number of nitrogens with one attached hydrogen (secondary N) is 2. The first-order chi connectivity index (χ1) is 16.2. The summed E-state index contributed by atoms with van der Waals surface area (Å²) in [5, 5.41) is 0.449. The van der Waals surface area contributed by atoms with Gasteiger partial charge in [0.1, 0.15) is 11.5 Å². The van der Waals surface area contributed by atoms with E-state index in [1.807, 2.05) is 26.0 Å². The monoisotopic (exact) mass is 487 g/mol. The maximum absolute atomic E-state index is 12.9. The first-order valence-corrected chi connectivity index (χ1v) is 11.5. The number of methoxy groups -OCH3 is 1. The summed E-state index contributed by atoms with van der Waals surface area (Å²) in [4.78, 5) is 39.5. The van der Waals surface area contributed by atoms with Gasteiger partial charge in [-0.05, 0) is 69.0 Å². The second-order valence-electron chi connectivity index (χ2n) is 8.35. The van der Waals surface area contributed by atoms with Gasteiger partial charge in [0.2, 0.25) is 5.91 Å². The Hall–Kier alpha value is -3.26. The molecule has 1 unspecified atom stereocenters. The predicted molar refractivity (Wildman–Crippen MR) is 129 cm³/mol.